The summed E-state index contributed by atoms with van der Waals surface area (Å²) >= 11 is 0. The van der Waals surface area contributed by atoms with Crippen molar-refractivity contribution in [3.8, 4) is 0 Å². The molecule has 0 aliphatic carbocycles. The first-order valence-electron chi connectivity index (χ1n) is 7.56. The van der Waals surface area contributed by atoms with Gasteiger partial charge in [-0.15, -0.1) is 0 Å². The van der Waals surface area contributed by atoms with E-state index in [0.717, 1.165) is 6.54 Å². The van der Waals surface area contributed by atoms with Crippen LogP contribution >= 0.6 is 0 Å². The fraction of sp³-hybridized carbons (Fsp3) is 0.647. The fourth-order valence-corrected chi connectivity index (χ4v) is 4.07. The molecular formula is C17H26N2. The van der Waals surface area contributed by atoms with Crippen LogP contribution in [-0.4, -0.2) is 25.2 Å². The van der Waals surface area contributed by atoms with Gasteiger partial charge in [-0.2, -0.15) is 0 Å². The third-order valence-electron chi connectivity index (χ3n) is 4.91. The predicted molar refractivity (Wildman–Crippen MR) is 81.9 cm³/mol. The number of rotatable bonds is 1. The van der Waals surface area contributed by atoms with Gasteiger partial charge >= 0.3 is 0 Å². The highest BCUT2D eigenvalue weighted by Gasteiger charge is 2.46. The zero-order valence-electron chi connectivity index (χ0n) is 12.7. The molecule has 0 radical (unpaired) electrons. The number of piperidine rings is 1. The van der Waals surface area contributed by atoms with Gasteiger partial charge in [0, 0.05) is 24.8 Å². The van der Waals surface area contributed by atoms with Gasteiger partial charge in [0.1, 0.15) is 0 Å². The van der Waals surface area contributed by atoms with Gasteiger partial charge in [0.05, 0.1) is 6.04 Å². The van der Waals surface area contributed by atoms with E-state index in [-0.39, 0.29) is 0 Å². The Balaban J connectivity index is 1.98. The van der Waals surface area contributed by atoms with E-state index in [4.69, 9.17) is 0 Å². The Hall–Kier alpha value is -1.02. The molecule has 1 aromatic carbocycles. The minimum atomic E-state index is 0.364. The number of anilines is 1. The Morgan fingerprint density at radius 1 is 1.26 bits per heavy atom. The van der Waals surface area contributed by atoms with E-state index < -0.39 is 0 Å². The molecule has 2 heteroatoms. The van der Waals surface area contributed by atoms with E-state index >= 15 is 0 Å². The van der Waals surface area contributed by atoms with Crippen molar-refractivity contribution in [2.45, 2.75) is 52.6 Å². The second-order valence-corrected chi connectivity index (χ2v) is 7.05. The summed E-state index contributed by atoms with van der Waals surface area (Å²) in [5.74, 6) is 0. The SMILES string of the molecule is Cc1ccc(N2CCCC3NCC(C)(C)C32)c(C)c1. The molecule has 104 valence electrons. The first-order valence-corrected chi connectivity index (χ1v) is 7.56. The van der Waals surface area contributed by atoms with Crippen molar-refractivity contribution in [1.82, 2.24) is 5.32 Å². The van der Waals surface area contributed by atoms with Crippen LogP contribution < -0.4 is 10.2 Å². The number of fused-ring (bicyclic) bond motifs is 1. The Kier molecular flexibility index (Phi) is 3.09. The summed E-state index contributed by atoms with van der Waals surface area (Å²) in [7, 11) is 0. The largest absolute Gasteiger partial charge is 0.366 e. The van der Waals surface area contributed by atoms with Crippen LogP contribution in [0.1, 0.15) is 37.8 Å². The average Bonchev–Trinajstić information content (AvgIpc) is 2.66. The first kappa shape index (κ1) is 13.0. The quantitative estimate of drug-likeness (QED) is 0.831. The molecule has 19 heavy (non-hydrogen) atoms. The minimum absolute atomic E-state index is 0.364. The molecule has 2 heterocycles. The molecule has 0 saturated carbocycles. The zero-order valence-corrected chi connectivity index (χ0v) is 12.7. The number of aryl methyl sites for hydroxylation is 2. The lowest BCUT2D eigenvalue weighted by atomic mass is 9.80. The third-order valence-corrected chi connectivity index (χ3v) is 4.91. The lowest BCUT2D eigenvalue weighted by molar-refractivity contribution is 0.291. The highest BCUT2D eigenvalue weighted by Crippen LogP contribution is 2.40. The predicted octanol–water partition coefficient (Wildman–Crippen LogP) is 3.27. The van der Waals surface area contributed by atoms with E-state index in [2.05, 4.69) is 56.1 Å². The Labute approximate surface area is 117 Å². The molecule has 2 nitrogen and oxygen atoms in total. The van der Waals surface area contributed by atoms with Crippen LogP contribution in [0.3, 0.4) is 0 Å². The van der Waals surface area contributed by atoms with Crippen molar-refractivity contribution in [2.75, 3.05) is 18.0 Å². The molecule has 0 amide bonds. The Morgan fingerprint density at radius 2 is 2.05 bits per heavy atom. The van der Waals surface area contributed by atoms with Gasteiger partial charge in [0.2, 0.25) is 0 Å². The zero-order chi connectivity index (χ0) is 13.6. The molecule has 1 aromatic rings. The van der Waals surface area contributed by atoms with E-state index in [9.17, 15) is 0 Å². The van der Waals surface area contributed by atoms with Crippen LogP contribution in [0, 0.1) is 19.3 Å². The number of hydrogen-bond donors (Lipinski definition) is 1. The summed E-state index contributed by atoms with van der Waals surface area (Å²) in [5.41, 5.74) is 4.58. The summed E-state index contributed by atoms with van der Waals surface area (Å²) < 4.78 is 0. The third kappa shape index (κ3) is 2.16. The van der Waals surface area contributed by atoms with Gasteiger partial charge in [-0.05, 0) is 43.7 Å². The van der Waals surface area contributed by atoms with Crippen molar-refractivity contribution in [3.63, 3.8) is 0 Å². The monoisotopic (exact) mass is 258 g/mol. The number of nitrogens with zero attached hydrogens (tertiary/aromatic N) is 1. The Bertz CT molecular complexity index is 478. The maximum Gasteiger partial charge on any atom is 0.0506 e. The van der Waals surface area contributed by atoms with Crippen LogP contribution in [0.5, 0.6) is 0 Å². The van der Waals surface area contributed by atoms with Crippen LogP contribution in [0.25, 0.3) is 0 Å². The van der Waals surface area contributed by atoms with E-state index in [1.807, 2.05) is 0 Å². The van der Waals surface area contributed by atoms with Crippen LogP contribution in [0.15, 0.2) is 18.2 Å². The summed E-state index contributed by atoms with van der Waals surface area (Å²) in [6.07, 6.45) is 2.63. The normalized spacial score (nSPS) is 29.4. The van der Waals surface area contributed by atoms with Gasteiger partial charge in [-0.1, -0.05) is 31.5 Å². The van der Waals surface area contributed by atoms with Gasteiger partial charge in [-0.3, -0.25) is 0 Å². The molecule has 0 spiro atoms. The molecule has 2 fully saturated rings. The van der Waals surface area contributed by atoms with Crippen molar-refractivity contribution < 1.29 is 0 Å². The maximum atomic E-state index is 3.74. The van der Waals surface area contributed by atoms with Gasteiger partial charge in [0.25, 0.3) is 0 Å². The summed E-state index contributed by atoms with van der Waals surface area (Å²) in [5, 5.41) is 3.74. The van der Waals surface area contributed by atoms with Crippen molar-refractivity contribution >= 4 is 5.69 Å². The molecule has 1 N–H and O–H groups in total. The van der Waals surface area contributed by atoms with E-state index in [1.54, 1.807) is 0 Å². The second-order valence-electron chi connectivity index (χ2n) is 7.05. The summed E-state index contributed by atoms with van der Waals surface area (Å²) in [4.78, 5) is 2.67. The molecule has 2 unspecified atom stereocenters. The van der Waals surface area contributed by atoms with Crippen LogP contribution in [0.4, 0.5) is 5.69 Å². The van der Waals surface area contributed by atoms with Gasteiger partial charge in [-0.25, -0.2) is 0 Å². The Morgan fingerprint density at radius 3 is 2.79 bits per heavy atom. The van der Waals surface area contributed by atoms with Crippen molar-refractivity contribution in [2.24, 2.45) is 5.41 Å². The molecule has 2 aliphatic rings. The molecule has 0 bridgehead atoms. The summed E-state index contributed by atoms with van der Waals surface area (Å²) in [6, 6.07) is 8.20. The highest BCUT2D eigenvalue weighted by molar-refractivity contribution is 5.56. The lowest BCUT2D eigenvalue weighted by Crippen LogP contribution is -2.53. The van der Waals surface area contributed by atoms with Gasteiger partial charge in [0.15, 0.2) is 0 Å². The number of hydrogen-bond acceptors (Lipinski definition) is 2. The molecule has 2 aliphatic heterocycles. The number of benzene rings is 1. The average molecular weight is 258 g/mol. The topological polar surface area (TPSA) is 15.3 Å². The number of nitrogens with one attached hydrogen (secondary N) is 1. The smallest absolute Gasteiger partial charge is 0.0506 e. The molecule has 2 saturated heterocycles. The lowest BCUT2D eigenvalue weighted by Gasteiger charge is -2.45. The van der Waals surface area contributed by atoms with Gasteiger partial charge < -0.3 is 10.2 Å². The second kappa shape index (κ2) is 4.52. The standard InChI is InChI=1S/C17H26N2/c1-12-7-8-15(13(2)10-12)19-9-5-6-14-16(19)17(3,4)11-18-14/h7-8,10,14,16,18H,5-6,9,11H2,1-4H3. The molecule has 2 atom stereocenters. The first-order chi connectivity index (χ1) is 8.99. The van der Waals surface area contributed by atoms with Crippen molar-refractivity contribution in [3.05, 3.63) is 29.3 Å². The maximum absolute atomic E-state index is 3.74. The van der Waals surface area contributed by atoms with Crippen LogP contribution in [-0.2, 0) is 0 Å². The summed E-state index contributed by atoms with van der Waals surface area (Å²) in [6.45, 7) is 11.6. The van der Waals surface area contributed by atoms with E-state index in [0.29, 0.717) is 17.5 Å². The van der Waals surface area contributed by atoms with E-state index in [1.165, 1.54) is 36.2 Å². The fourth-order valence-electron chi connectivity index (χ4n) is 4.07. The highest BCUT2D eigenvalue weighted by atomic mass is 15.2. The van der Waals surface area contributed by atoms with Crippen molar-refractivity contribution in [1.29, 1.82) is 0 Å². The minimum Gasteiger partial charge on any atom is -0.366 e. The molecule has 0 aromatic heterocycles. The van der Waals surface area contributed by atoms with Crippen LogP contribution in [0.2, 0.25) is 0 Å². The molecule has 3 rings (SSSR count). The molecular weight excluding hydrogens is 232 g/mol.